The van der Waals surface area contributed by atoms with E-state index in [0.29, 0.717) is 15.5 Å². The van der Waals surface area contributed by atoms with Crippen LogP contribution in [0, 0.1) is 23.1 Å². The van der Waals surface area contributed by atoms with Gasteiger partial charge < -0.3 is 5.32 Å². The number of benzene rings is 1. The summed E-state index contributed by atoms with van der Waals surface area (Å²) in [5.74, 6) is -0.0494. The average molecular weight is 355 g/mol. The first-order valence-electron chi connectivity index (χ1n) is 8.80. The Hall–Kier alpha value is -1.97. The van der Waals surface area contributed by atoms with Gasteiger partial charge in [0.1, 0.15) is 17.4 Å². The maximum atomic E-state index is 13.8. The molecule has 128 valence electrons. The number of nitriles is 1. The molecule has 2 aromatic rings. The van der Waals surface area contributed by atoms with Gasteiger partial charge in [-0.25, -0.2) is 4.39 Å². The Morgan fingerprint density at radius 1 is 1.36 bits per heavy atom. The van der Waals surface area contributed by atoms with E-state index in [1.165, 1.54) is 30.2 Å². The molecule has 0 radical (unpaired) electrons. The van der Waals surface area contributed by atoms with Crippen molar-refractivity contribution in [1.82, 2.24) is 10.2 Å². The zero-order chi connectivity index (χ0) is 17.2. The van der Waals surface area contributed by atoms with Crippen molar-refractivity contribution in [2.45, 2.75) is 37.3 Å². The van der Waals surface area contributed by atoms with Crippen molar-refractivity contribution >= 4 is 27.3 Å². The Bertz CT molecular complexity index is 919. The fourth-order valence-corrected chi connectivity index (χ4v) is 5.88. The SMILES string of the molecule is N#Cc1c(F)ccc2cc(C(=O)N[C@H]3C4CCN(CC4)C34CC4)sc12. The minimum atomic E-state index is -0.530. The van der Waals surface area contributed by atoms with Crippen LogP contribution in [-0.4, -0.2) is 35.5 Å². The lowest BCUT2D eigenvalue weighted by Gasteiger charge is -2.52. The number of carbonyl (C=O) groups is 1. The quantitative estimate of drug-likeness (QED) is 0.899. The van der Waals surface area contributed by atoms with Crippen molar-refractivity contribution in [2.24, 2.45) is 5.92 Å². The van der Waals surface area contributed by atoms with E-state index >= 15 is 0 Å². The molecule has 25 heavy (non-hydrogen) atoms. The number of thiophene rings is 1. The molecule has 2 bridgehead atoms. The Labute approximate surface area is 149 Å². The number of rotatable bonds is 2. The Kier molecular flexibility index (Phi) is 3.22. The van der Waals surface area contributed by atoms with Crippen LogP contribution in [0.4, 0.5) is 4.39 Å². The first kappa shape index (κ1) is 15.3. The summed E-state index contributed by atoms with van der Waals surface area (Å²) in [5, 5.41) is 13.2. The van der Waals surface area contributed by atoms with Gasteiger partial charge in [0.25, 0.3) is 5.91 Å². The summed E-state index contributed by atoms with van der Waals surface area (Å²) in [5.41, 5.74) is 0.222. The third-order valence-corrected chi connectivity index (χ3v) is 7.41. The van der Waals surface area contributed by atoms with E-state index in [-0.39, 0.29) is 23.1 Å². The number of hydrogen-bond acceptors (Lipinski definition) is 4. The van der Waals surface area contributed by atoms with Gasteiger partial charge in [-0.3, -0.25) is 9.69 Å². The number of amides is 1. The fourth-order valence-electron chi connectivity index (χ4n) is 4.83. The molecule has 3 saturated heterocycles. The number of carbonyl (C=O) groups excluding carboxylic acids is 1. The lowest BCUT2D eigenvalue weighted by atomic mass is 9.77. The van der Waals surface area contributed by atoms with Crippen molar-refractivity contribution < 1.29 is 9.18 Å². The Balaban J connectivity index is 1.45. The number of nitrogens with zero attached hydrogens (tertiary/aromatic N) is 2. The molecule has 1 aromatic heterocycles. The van der Waals surface area contributed by atoms with Crippen molar-refractivity contribution in [2.75, 3.05) is 13.1 Å². The van der Waals surface area contributed by atoms with Crippen LogP contribution < -0.4 is 5.32 Å². The zero-order valence-electron chi connectivity index (χ0n) is 13.7. The first-order chi connectivity index (χ1) is 12.1. The summed E-state index contributed by atoms with van der Waals surface area (Å²) in [7, 11) is 0. The Morgan fingerprint density at radius 2 is 2.12 bits per heavy atom. The van der Waals surface area contributed by atoms with Crippen LogP contribution in [0.5, 0.6) is 0 Å². The molecule has 1 amide bonds. The average Bonchev–Trinajstić information content (AvgIpc) is 3.28. The molecule has 3 aliphatic heterocycles. The van der Waals surface area contributed by atoms with Crippen LogP contribution in [0.1, 0.15) is 40.9 Å². The van der Waals surface area contributed by atoms with Crippen LogP contribution in [0.15, 0.2) is 18.2 Å². The summed E-state index contributed by atoms with van der Waals surface area (Å²) in [6.45, 7) is 2.31. The molecule has 6 rings (SSSR count). The van der Waals surface area contributed by atoms with E-state index in [1.54, 1.807) is 12.1 Å². The van der Waals surface area contributed by atoms with Crippen LogP contribution in [0.3, 0.4) is 0 Å². The van der Waals surface area contributed by atoms with Crippen LogP contribution in [-0.2, 0) is 0 Å². The topological polar surface area (TPSA) is 56.1 Å². The molecule has 1 saturated carbocycles. The van der Waals surface area contributed by atoms with Gasteiger partial charge in [0.05, 0.1) is 15.6 Å². The van der Waals surface area contributed by atoms with E-state index in [1.807, 2.05) is 6.07 Å². The molecular formula is C19H18FN3OS. The van der Waals surface area contributed by atoms with Gasteiger partial charge in [-0.05, 0) is 62.2 Å². The normalized spacial score (nSPS) is 28.9. The van der Waals surface area contributed by atoms with E-state index in [9.17, 15) is 14.4 Å². The maximum Gasteiger partial charge on any atom is 0.261 e. The zero-order valence-corrected chi connectivity index (χ0v) is 14.5. The molecule has 4 aliphatic rings. The first-order valence-corrected chi connectivity index (χ1v) is 9.62. The number of hydrogen-bond donors (Lipinski definition) is 1. The third kappa shape index (κ3) is 2.16. The molecule has 1 spiro atoms. The molecule has 6 heteroatoms. The highest BCUT2D eigenvalue weighted by Crippen LogP contribution is 2.53. The predicted molar refractivity (Wildman–Crippen MR) is 94.0 cm³/mol. The third-order valence-electron chi connectivity index (χ3n) is 6.24. The fraction of sp³-hybridized carbons (Fsp3) is 0.474. The maximum absolute atomic E-state index is 13.8. The minimum Gasteiger partial charge on any atom is -0.346 e. The van der Waals surface area contributed by atoms with Gasteiger partial charge in [-0.1, -0.05) is 6.07 Å². The van der Waals surface area contributed by atoms with Crippen molar-refractivity contribution in [1.29, 1.82) is 5.26 Å². The van der Waals surface area contributed by atoms with Gasteiger partial charge in [0.2, 0.25) is 0 Å². The van der Waals surface area contributed by atoms with Gasteiger partial charge in [-0.15, -0.1) is 11.3 Å². The molecule has 0 unspecified atom stereocenters. The summed E-state index contributed by atoms with van der Waals surface area (Å²) >= 11 is 1.21. The summed E-state index contributed by atoms with van der Waals surface area (Å²) < 4.78 is 14.4. The lowest BCUT2D eigenvalue weighted by molar-refractivity contribution is -0.00138. The highest BCUT2D eigenvalue weighted by Gasteiger charge is 2.60. The molecule has 1 atom stereocenters. The second-order valence-electron chi connectivity index (χ2n) is 7.44. The lowest BCUT2D eigenvalue weighted by Crippen LogP contribution is -2.65. The predicted octanol–water partition coefficient (Wildman–Crippen LogP) is 3.27. The van der Waals surface area contributed by atoms with Gasteiger partial charge in [-0.2, -0.15) is 5.26 Å². The summed E-state index contributed by atoms with van der Waals surface area (Å²) in [6, 6.07) is 6.84. The van der Waals surface area contributed by atoms with Crippen LogP contribution in [0.2, 0.25) is 0 Å². The minimum absolute atomic E-state index is 0.0306. The summed E-state index contributed by atoms with van der Waals surface area (Å²) in [6.07, 6.45) is 4.65. The second kappa shape index (κ2) is 5.26. The molecule has 1 aromatic carbocycles. The highest BCUT2D eigenvalue weighted by molar-refractivity contribution is 7.21. The Morgan fingerprint density at radius 3 is 2.80 bits per heavy atom. The molecule has 1 N–H and O–H groups in total. The second-order valence-corrected chi connectivity index (χ2v) is 8.49. The van der Waals surface area contributed by atoms with Crippen LogP contribution >= 0.6 is 11.3 Å². The molecule has 4 heterocycles. The molecule has 1 aliphatic carbocycles. The van der Waals surface area contributed by atoms with E-state index in [2.05, 4.69) is 10.2 Å². The highest BCUT2D eigenvalue weighted by atomic mass is 32.1. The summed E-state index contributed by atoms with van der Waals surface area (Å²) in [4.78, 5) is 16.0. The van der Waals surface area contributed by atoms with E-state index in [0.717, 1.165) is 31.3 Å². The smallest absolute Gasteiger partial charge is 0.261 e. The van der Waals surface area contributed by atoms with Crippen molar-refractivity contribution in [3.63, 3.8) is 0 Å². The number of fused-ring (bicyclic) bond motifs is 3. The van der Waals surface area contributed by atoms with E-state index in [4.69, 9.17) is 0 Å². The monoisotopic (exact) mass is 355 g/mol. The number of halogens is 1. The van der Waals surface area contributed by atoms with Gasteiger partial charge in [0, 0.05) is 5.54 Å². The molecular weight excluding hydrogens is 337 g/mol. The molecule has 4 nitrogen and oxygen atoms in total. The number of nitrogens with one attached hydrogen (secondary N) is 1. The van der Waals surface area contributed by atoms with Crippen molar-refractivity contribution in [3.05, 3.63) is 34.5 Å². The van der Waals surface area contributed by atoms with E-state index < -0.39 is 5.82 Å². The van der Waals surface area contributed by atoms with Crippen LogP contribution in [0.25, 0.3) is 10.1 Å². The standard InChI is InChI=1S/C19H18FN3OS/c20-14-2-1-12-9-15(25-16(12)13(14)10-21)18(24)22-17-11-3-7-23(8-4-11)19(17)5-6-19/h1-2,9,11,17H,3-8H2,(H,22,24)/t17-/m0/s1. The number of piperidine rings is 3. The van der Waals surface area contributed by atoms with Crippen molar-refractivity contribution in [3.8, 4) is 6.07 Å². The van der Waals surface area contributed by atoms with Gasteiger partial charge >= 0.3 is 0 Å². The largest absolute Gasteiger partial charge is 0.346 e. The molecule has 4 fully saturated rings. The van der Waals surface area contributed by atoms with Gasteiger partial charge in [0.15, 0.2) is 0 Å².